The van der Waals surface area contributed by atoms with E-state index in [0.29, 0.717) is 23.5 Å². The Hall–Kier alpha value is -2.54. The van der Waals surface area contributed by atoms with Gasteiger partial charge < -0.3 is 9.47 Å². The predicted molar refractivity (Wildman–Crippen MR) is 92.7 cm³/mol. The van der Waals surface area contributed by atoms with Gasteiger partial charge in [0.1, 0.15) is 0 Å². The highest BCUT2D eigenvalue weighted by molar-refractivity contribution is 7.89. The van der Waals surface area contributed by atoms with Crippen molar-refractivity contribution in [3.8, 4) is 11.5 Å². The smallest absolute Gasteiger partial charge is 0.268 e. The topological polar surface area (TPSA) is 72.9 Å². The Kier molecular flexibility index (Phi) is 4.43. The zero-order valence-electron chi connectivity index (χ0n) is 14.3. The van der Waals surface area contributed by atoms with Gasteiger partial charge in [-0.15, -0.1) is 0 Å². The molecule has 0 saturated heterocycles. The van der Waals surface area contributed by atoms with E-state index >= 15 is 0 Å². The van der Waals surface area contributed by atoms with Crippen molar-refractivity contribution < 1.29 is 22.7 Å². The van der Waals surface area contributed by atoms with E-state index in [2.05, 4.69) is 0 Å². The van der Waals surface area contributed by atoms with Crippen molar-refractivity contribution in [3.05, 3.63) is 53.1 Å². The molecule has 6 nitrogen and oxygen atoms in total. The summed E-state index contributed by atoms with van der Waals surface area (Å²) in [4.78, 5) is 12.9. The maximum Gasteiger partial charge on any atom is 0.268 e. The molecule has 0 N–H and O–H groups in total. The monoisotopic (exact) mass is 361 g/mol. The van der Waals surface area contributed by atoms with E-state index in [1.807, 2.05) is 6.92 Å². The molecule has 1 heterocycles. The number of carbonyl (C=O) groups excluding carboxylic acids is 1. The third kappa shape index (κ3) is 2.95. The summed E-state index contributed by atoms with van der Waals surface area (Å²) in [6.45, 7) is 1.97. The van der Waals surface area contributed by atoms with Crippen molar-refractivity contribution in [1.82, 2.24) is 4.31 Å². The number of nitrogens with zero attached hydrogens (tertiary/aromatic N) is 1. The first kappa shape index (κ1) is 17.3. The van der Waals surface area contributed by atoms with Crippen LogP contribution in [-0.2, 0) is 16.4 Å². The molecule has 0 aliphatic carbocycles. The minimum Gasteiger partial charge on any atom is -0.493 e. The average Bonchev–Trinajstić information content (AvgIpc) is 2.61. The highest BCUT2D eigenvalue weighted by Crippen LogP contribution is 2.34. The summed E-state index contributed by atoms with van der Waals surface area (Å²) in [6.07, 6.45) is 0.423. The molecular weight excluding hydrogens is 342 g/mol. The van der Waals surface area contributed by atoms with Crippen LogP contribution in [0.1, 0.15) is 21.5 Å². The van der Waals surface area contributed by atoms with E-state index in [1.165, 1.54) is 32.4 Å². The summed E-state index contributed by atoms with van der Waals surface area (Å²) in [5.74, 6) is 0.357. The fourth-order valence-electron chi connectivity index (χ4n) is 2.85. The van der Waals surface area contributed by atoms with Gasteiger partial charge in [-0.1, -0.05) is 17.7 Å². The third-order valence-corrected chi connectivity index (χ3v) is 6.06. The van der Waals surface area contributed by atoms with Crippen molar-refractivity contribution in [2.75, 3.05) is 20.8 Å². The summed E-state index contributed by atoms with van der Waals surface area (Å²) in [5, 5.41) is 0. The van der Waals surface area contributed by atoms with Gasteiger partial charge in [-0.2, -0.15) is 0 Å². The van der Waals surface area contributed by atoms with Gasteiger partial charge in [0.2, 0.25) is 0 Å². The quantitative estimate of drug-likeness (QED) is 0.836. The lowest BCUT2D eigenvalue weighted by Gasteiger charge is -2.28. The number of amides is 1. The molecule has 0 atom stereocenters. The minimum absolute atomic E-state index is 0.0948. The Labute approximate surface area is 147 Å². The fraction of sp³-hybridized carbons (Fsp3) is 0.278. The summed E-state index contributed by atoms with van der Waals surface area (Å²) < 4.78 is 37.1. The van der Waals surface area contributed by atoms with Crippen molar-refractivity contribution in [2.45, 2.75) is 18.2 Å². The van der Waals surface area contributed by atoms with Gasteiger partial charge in [-0.3, -0.25) is 4.79 Å². The van der Waals surface area contributed by atoms with Gasteiger partial charge in [0, 0.05) is 12.1 Å². The molecule has 0 radical (unpaired) electrons. The van der Waals surface area contributed by atoms with E-state index in [0.717, 1.165) is 15.4 Å². The molecule has 2 aromatic rings. The molecule has 25 heavy (non-hydrogen) atoms. The second-order valence-electron chi connectivity index (χ2n) is 5.81. The first-order chi connectivity index (χ1) is 11.9. The van der Waals surface area contributed by atoms with Crippen LogP contribution in [0, 0.1) is 6.92 Å². The average molecular weight is 361 g/mol. The number of aryl methyl sites for hydroxylation is 1. The maximum atomic E-state index is 12.8. The van der Waals surface area contributed by atoms with Crippen LogP contribution in [0.25, 0.3) is 0 Å². The van der Waals surface area contributed by atoms with Crippen molar-refractivity contribution in [3.63, 3.8) is 0 Å². The lowest BCUT2D eigenvalue weighted by Crippen LogP contribution is -2.42. The second-order valence-corrected chi connectivity index (χ2v) is 7.67. The maximum absolute atomic E-state index is 12.8. The van der Waals surface area contributed by atoms with Crippen LogP contribution in [-0.4, -0.2) is 39.4 Å². The number of fused-ring (bicyclic) bond motifs is 1. The zero-order valence-corrected chi connectivity index (χ0v) is 15.1. The molecular formula is C18H19NO5S. The highest BCUT2D eigenvalue weighted by atomic mass is 32.2. The number of methoxy groups -OCH3 is 2. The van der Waals surface area contributed by atoms with Crippen LogP contribution in [0.4, 0.5) is 0 Å². The lowest BCUT2D eigenvalue weighted by atomic mass is 9.99. The molecule has 0 saturated carbocycles. The highest BCUT2D eigenvalue weighted by Gasteiger charge is 2.35. The number of benzene rings is 2. The molecule has 3 rings (SSSR count). The number of sulfonamides is 1. The Bertz CT molecular complexity index is 919. The van der Waals surface area contributed by atoms with Crippen LogP contribution in [0.3, 0.4) is 0 Å². The third-order valence-electron chi connectivity index (χ3n) is 4.26. The Balaban J connectivity index is 2.02. The van der Waals surface area contributed by atoms with E-state index in [4.69, 9.17) is 9.47 Å². The molecule has 2 aromatic carbocycles. The van der Waals surface area contributed by atoms with Crippen LogP contribution in [0.2, 0.25) is 0 Å². The van der Waals surface area contributed by atoms with E-state index in [1.54, 1.807) is 18.2 Å². The first-order valence-electron chi connectivity index (χ1n) is 7.77. The molecule has 1 aliphatic rings. The second kappa shape index (κ2) is 6.40. The van der Waals surface area contributed by atoms with Crippen LogP contribution in [0.5, 0.6) is 11.5 Å². The van der Waals surface area contributed by atoms with E-state index in [9.17, 15) is 13.2 Å². The van der Waals surface area contributed by atoms with Gasteiger partial charge in [0.15, 0.2) is 11.5 Å². The van der Waals surface area contributed by atoms with E-state index in [-0.39, 0.29) is 11.4 Å². The van der Waals surface area contributed by atoms with Crippen molar-refractivity contribution in [2.24, 2.45) is 0 Å². The van der Waals surface area contributed by atoms with Crippen molar-refractivity contribution in [1.29, 1.82) is 0 Å². The molecule has 0 spiro atoms. The van der Waals surface area contributed by atoms with Gasteiger partial charge >= 0.3 is 0 Å². The molecule has 1 amide bonds. The van der Waals surface area contributed by atoms with E-state index < -0.39 is 15.9 Å². The molecule has 0 fully saturated rings. The first-order valence-corrected chi connectivity index (χ1v) is 9.21. The number of rotatable bonds is 4. The van der Waals surface area contributed by atoms with Gasteiger partial charge in [-0.25, -0.2) is 12.7 Å². The summed E-state index contributed by atoms with van der Waals surface area (Å²) in [6, 6.07) is 9.71. The Morgan fingerprint density at radius 1 is 1.00 bits per heavy atom. The molecule has 0 aromatic heterocycles. The minimum atomic E-state index is -3.89. The molecule has 0 unspecified atom stereocenters. The van der Waals surface area contributed by atoms with Crippen LogP contribution in [0.15, 0.2) is 41.3 Å². The number of hydrogen-bond acceptors (Lipinski definition) is 5. The Morgan fingerprint density at radius 2 is 1.60 bits per heavy atom. The Morgan fingerprint density at radius 3 is 2.20 bits per heavy atom. The molecule has 132 valence electrons. The van der Waals surface area contributed by atoms with Crippen molar-refractivity contribution >= 4 is 15.9 Å². The lowest BCUT2D eigenvalue weighted by molar-refractivity contribution is 0.0849. The van der Waals surface area contributed by atoms with Crippen LogP contribution < -0.4 is 9.47 Å². The van der Waals surface area contributed by atoms with Crippen LogP contribution >= 0.6 is 0 Å². The SMILES string of the molecule is COc1cc2c(cc1OC)C(=O)N(S(=O)(=O)c1ccc(C)cc1)CC2. The molecule has 7 heteroatoms. The number of carbonyl (C=O) groups is 1. The van der Waals surface area contributed by atoms with Gasteiger partial charge in [-0.05, 0) is 43.2 Å². The summed E-state index contributed by atoms with van der Waals surface area (Å²) in [5.41, 5.74) is 2.02. The van der Waals surface area contributed by atoms with Gasteiger partial charge in [0.05, 0.1) is 19.1 Å². The number of hydrogen-bond donors (Lipinski definition) is 0. The van der Waals surface area contributed by atoms with Gasteiger partial charge in [0.25, 0.3) is 15.9 Å². The largest absolute Gasteiger partial charge is 0.493 e. The summed E-state index contributed by atoms with van der Waals surface area (Å²) >= 11 is 0. The zero-order chi connectivity index (χ0) is 18.2. The summed E-state index contributed by atoms with van der Waals surface area (Å²) in [7, 11) is -0.907. The molecule has 1 aliphatic heterocycles. The fourth-order valence-corrected chi connectivity index (χ4v) is 4.23. The molecule has 0 bridgehead atoms. The normalized spacial score (nSPS) is 14.2. The predicted octanol–water partition coefficient (Wildman–Crippen LogP) is 2.40. The number of ether oxygens (including phenoxy) is 2. The standard InChI is InChI=1S/C18H19NO5S/c1-12-4-6-14(7-5-12)25(21,22)19-9-8-13-10-16(23-2)17(24-3)11-15(13)18(19)20/h4-7,10-11H,8-9H2,1-3H3.